The largest absolute Gasteiger partial charge is 0.369 e. The van der Waals surface area contributed by atoms with Crippen molar-refractivity contribution >= 4 is 21.6 Å². The lowest BCUT2D eigenvalue weighted by Crippen LogP contribution is -2.43. The van der Waals surface area contributed by atoms with Crippen LogP contribution in [0.3, 0.4) is 0 Å². The molecule has 0 atom stereocenters. The number of hydrogen-bond acceptors (Lipinski definition) is 4. The molecular formula is C14H24N4O2S. The Bertz CT molecular complexity index is 537. The summed E-state index contributed by atoms with van der Waals surface area (Å²) in [4.78, 5) is 2.28. The molecule has 0 amide bonds. The summed E-state index contributed by atoms with van der Waals surface area (Å²) in [5, 5.41) is 3.31. The molecule has 1 aliphatic heterocycles. The molecule has 3 N–H and O–H groups in total. The zero-order chi connectivity index (χ0) is 15.3. The third-order valence-electron chi connectivity index (χ3n) is 3.28. The maximum Gasteiger partial charge on any atom is 0.299 e. The van der Waals surface area contributed by atoms with E-state index >= 15 is 0 Å². The lowest BCUT2D eigenvalue weighted by Gasteiger charge is -2.29. The summed E-state index contributed by atoms with van der Waals surface area (Å²) in [6.45, 7) is 8.26. The Balaban J connectivity index is 1.95. The Labute approximate surface area is 127 Å². The van der Waals surface area contributed by atoms with E-state index in [1.54, 1.807) is 12.1 Å². The summed E-state index contributed by atoms with van der Waals surface area (Å²) < 4.78 is 28.8. The lowest BCUT2D eigenvalue weighted by atomic mass is 10.2. The lowest BCUT2D eigenvalue weighted by molar-refractivity contribution is 0.565. The normalized spacial score (nSPS) is 16.2. The highest BCUT2D eigenvalue weighted by Crippen LogP contribution is 2.18. The van der Waals surface area contributed by atoms with Gasteiger partial charge in [0.15, 0.2) is 0 Å². The van der Waals surface area contributed by atoms with Crippen LogP contribution in [0.2, 0.25) is 0 Å². The van der Waals surface area contributed by atoms with Gasteiger partial charge < -0.3 is 10.2 Å². The van der Waals surface area contributed by atoms with E-state index in [4.69, 9.17) is 0 Å². The van der Waals surface area contributed by atoms with Crippen LogP contribution in [0.5, 0.6) is 0 Å². The monoisotopic (exact) mass is 312 g/mol. The van der Waals surface area contributed by atoms with Gasteiger partial charge in [0, 0.05) is 44.1 Å². The fourth-order valence-electron chi connectivity index (χ4n) is 2.13. The molecule has 0 saturated carbocycles. The number of benzene rings is 1. The summed E-state index contributed by atoms with van der Waals surface area (Å²) in [7, 11) is -3.49. The van der Waals surface area contributed by atoms with Crippen molar-refractivity contribution in [3.8, 4) is 0 Å². The van der Waals surface area contributed by atoms with E-state index in [9.17, 15) is 8.42 Å². The second-order valence-electron chi connectivity index (χ2n) is 5.63. The van der Waals surface area contributed by atoms with Crippen molar-refractivity contribution in [1.82, 2.24) is 10.0 Å². The van der Waals surface area contributed by atoms with Crippen molar-refractivity contribution < 1.29 is 8.42 Å². The number of nitrogens with one attached hydrogen (secondary N) is 3. The van der Waals surface area contributed by atoms with Crippen molar-refractivity contribution in [1.29, 1.82) is 0 Å². The van der Waals surface area contributed by atoms with Gasteiger partial charge in [0.1, 0.15) is 0 Å². The van der Waals surface area contributed by atoms with Crippen LogP contribution in [-0.2, 0) is 10.2 Å². The third kappa shape index (κ3) is 5.18. The molecule has 1 heterocycles. The molecule has 118 valence electrons. The summed E-state index contributed by atoms with van der Waals surface area (Å²) in [5.74, 6) is 0.275. The van der Waals surface area contributed by atoms with Crippen LogP contribution in [0.4, 0.5) is 11.4 Å². The van der Waals surface area contributed by atoms with Gasteiger partial charge in [0.05, 0.1) is 0 Å². The third-order valence-corrected chi connectivity index (χ3v) is 4.33. The second kappa shape index (κ2) is 7.11. The first kappa shape index (κ1) is 16.1. The van der Waals surface area contributed by atoms with Crippen LogP contribution in [0, 0.1) is 5.92 Å². The fourth-order valence-corrected chi connectivity index (χ4v) is 3.20. The minimum absolute atomic E-state index is 0.275. The number of anilines is 2. The van der Waals surface area contributed by atoms with Crippen molar-refractivity contribution in [2.24, 2.45) is 5.92 Å². The maximum absolute atomic E-state index is 11.9. The average Bonchev–Trinajstić information content (AvgIpc) is 2.47. The van der Waals surface area contributed by atoms with Crippen LogP contribution in [0.25, 0.3) is 0 Å². The van der Waals surface area contributed by atoms with E-state index in [1.165, 1.54) is 0 Å². The zero-order valence-corrected chi connectivity index (χ0v) is 13.4. The molecule has 1 aromatic carbocycles. The minimum atomic E-state index is -3.49. The van der Waals surface area contributed by atoms with E-state index < -0.39 is 10.2 Å². The molecule has 0 aliphatic carbocycles. The predicted octanol–water partition coefficient (Wildman–Crippen LogP) is 0.998. The van der Waals surface area contributed by atoms with E-state index in [2.05, 4.69) is 19.7 Å². The molecule has 1 aromatic rings. The Morgan fingerprint density at radius 3 is 2.38 bits per heavy atom. The van der Waals surface area contributed by atoms with Crippen molar-refractivity contribution in [3.63, 3.8) is 0 Å². The Morgan fingerprint density at radius 1 is 1.19 bits per heavy atom. The van der Waals surface area contributed by atoms with Gasteiger partial charge in [0.25, 0.3) is 10.2 Å². The molecule has 21 heavy (non-hydrogen) atoms. The van der Waals surface area contributed by atoms with Gasteiger partial charge in [-0.3, -0.25) is 4.72 Å². The number of nitrogens with zero attached hydrogens (tertiary/aromatic N) is 1. The van der Waals surface area contributed by atoms with Crippen molar-refractivity contribution in [2.45, 2.75) is 13.8 Å². The molecule has 6 nitrogen and oxygen atoms in total. The molecule has 0 aromatic heterocycles. The van der Waals surface area contributed by atoms with E-state index in [-0.39, 0.29) is 5.92 Å². The highest BCUT2D eigenvalue weighted by Gasteiger charge is 2.12. The van der Waals surface area contributed by atoms with Crippen LogP contribution in [0.1, 0.15) is 13.8 Å². The van der Waals surface area contributed by atoms with Gasteiger partial charge in [-0.05, 0) is 30.2 Å². The molecule has 0 unspecified atom stereocenters. The van der Waals surface area contributed by atoms with Crippen molar-refractivity contribution in [3.05, 3.63) is 24.3 Å². The van der Waals surface area contributed by atoms with Crippen LogP contribution in [-0.4, -0.2) is 41.1 Å². The number of piperazine rings is 1. The number of rotatable bonds is 6. The smallest absolute Gasteiger partial charge is 0.299 e. The molecule has 0 radical (unpaired) electrons. The second-order valence-corrected chi connectivity index (χ2v) is 7.13. The highest BCUT2D eigenvalue weighted by atomic mass is 32.2. The topological polar surface area (TPSA) is 73.5 Å². The predicted molar refractivity (Wildman–Crippen MR) is 86.9 cm³/mol. The highest BCUT2D eigenvalue weighted by molar-refractivity contribution is 7.90. The first-order chi connectivity index (χ1) is 9.96. The SMILES string of the molecule is CC(C)CNS(=O)(=O)Nc1ccc(N2CCNCC2)cc1. The quantitative estimate of drug-likeness (QED) is 0.733. The molecule has 2 rings (SSSR count). The van der Waals surface area contributed by atoms with Crippen LogP contribution < -0.4 is 19.7 Å². The molecule has 0 spiro atoms. The van der Waals surface area contributed by atoms with Crippen LogP contribution in [0.15, 0.2) is 24.3 Å². The van der Waals surface area contributed by atoms with Crippen LogP contribution >= 0.6 is 0 Å². The zero-order valence-electron chi connectivity index (χ0n) is 12.6. The maximum atomic E-state index is 11.9. The summed E-state index contributed by atoms with van der Waals surface area (Å²) in [5.41, 5.74) is 1.69. The molecular weight excluding hydrogens is 288 g/mol. The summed E-state index contributed by atoms with van der Waals surface area (Å²) >= 11 is 0. The Hall–Kier alpha value is -1.31. The Kier molecular flexibility index (Phi) is 5.44. The Morgan fingerprint density at radius 2 is 1.81 bits per heavy atom. The average molecular weight is 312 g/mol. The molecule has 1 fully saturated rings. The van der Waals surface area contributed by atoms with E-state index in [0.717, 1.165) is 31.9 Å². The fraction of sp³-hybridized carbons (Fsp3) is 0.571. The van der Waals surface area contributed by atoms with Gasteiger partial charge in [-0.25, -0.2) is 0 Å². The minimum Gasteiger partial charge on any atom is -0.369 e. The van der Waals surface area contributed by atoms with E-state index in [0.29, 0.717) is 12.2 Å². The van der Waals surface area contributed by atoms with Gasteiger partial charge in [0.2, 0.25) is 0 Å². The standard InChI is InChI=1S/C14H24N4O2S/c1-12(2)11-16-21(19,20)17-13-3-5-14(6-4-13)18-9-7-15-8-10-18/h3-6,12,15-17H,7-11H2,1-2H3. The summed E-state index contributed by atoms with van der Waals surface area (Å²) in [6.07, 6.45) is 0. The van der Waals surface area contributed by atoms with Gasteiger partial charge in [-0.1, -0.05) is 13.8 Å². The van der Waals surface area contributed by atoms with Gasteiger partial charge in [-0.15, -0.1) is 0 Å². The van der Waals surface area contributed by atoms with E-state index in [1.807, 2.05) is 26.0 Å². The van der Waals surface area contributed by atoms with Gasteiger partial charge >= 0.3 is 0 Å². The molecule has 1 saturated heterocycles. The molecule has 0 bridgehead atoms. The number of hydrogen-bond donors (Lipinski definition) is 3. The molecule has 7 heteroatoms. The first-order valence-corrected chi connectivity index (χ1v) is 8.78. The van der Waals surface area contributed by atoms with Gasteiger partial charge in [-0.2, -0.15) is 13.1 Å². The van der Waals surface area contributed by atoms with Crippen molar-refractivity contribution in [2.75, 3.05) is 42.3 Å². The summed E-state index contributed by atoms with van der Waals surface area (Å²) in [6, 6.07) is 7.50. The molecule has 1 aliphatic rings. The first-order valence-electron chi connectivity index (χ1n) is 7.29.